The first kappa shape index (κ1) is 19.6. The molecule has 8 heteroatoms. The van der Waals surface area contributed by atoms with Gasteiger partial charge < -0.3 is 15.4 Å². The summed E-state index contributed by atoms with van der Waals surface area (Å²) in [5, 5.41) is 0.733. The van der Waals surface area contributed by atoms with Crippen molar-refractivity contribution in [2.24, 2.45) is 5.73 Å². The number of likely N-dealkylation sites (tertiary alicyclic amines) is 1. The molecule has 2 N–H and O–H groups in total. The molecule has 1 aliphatic heterocycles. The van der Waals surface area contributed by atoms with Gasteiger partial charge in [0.2, 0.25) is 0 Å². The number of rotatable bonds is 2. The van der Waals surface area contributed by atoms with Crippen LogP contribution in [0.5, 0.6) is 0 Å². The van der Waals surface area contributed by atoms with Crippen LogP contribution in [-0.4, -0.2) is 39.2 Å². The lowest BCUT2D eigenvalue weighted by Crippen LogP contribution is -2.37. The van der Waals surface area contributed by atoms with Crippen molar-refractivity contribution in [3.05, 3.63) is 39.4 Å². The van der Waals surface area contributed by atoms with Crippen LogP contribution in [0.1, 0.15) is 52.0 Å². The van der Waals surface area contributed by atoms with Gasteiger partial charge in [-0.2, -0.15) is 0 Å². The molecule has 27 heavy (non-hydrogen) atoms. The predicted molar refractivity (Wildman–Crippen MR) is 105 cm³/mol. The average molecular weight is 393 g/mol. The standard InChI is InChI=1S/C19H25ClN4O3/c1-11(21)16-22-14-7-5-6-13(20)15(14)17(25)24(16)12-8-9-23(10-12)18(26)27-19(2,3)4/h5-7,11-12H,8-10,21H2,1-4H3/t11-,12?/m0/s1. The number of hydrogen-bond acceptors (Lipinski definition) is 5. The fourth-order valence-electron chi connectivity index (χ4n) is 3.34. The van der Waals surface area contributed by atoms with Crippen LogP contribution in [-0.2, 0) is 4.74 Å². The molecule has 2 aromatic rings. The smallest absolute Gasteiger partial charge is 0.410 e. The second-order valence-corrected chi connectivity index (χ2v) is 8.34. The van der Waals surface area contributed by atoms with Crippen molar-refractivity contribution in [2.75, 3.05) is 13.1 Å². The Morgan fingerprint density at radius 1 is 1.41 bits per heavy atom. The highest BCUT2D eigenvalue weighted by Crippen LogP contribution is 2.27. The van der Waals surface area contributed by atoms with Gasteiger partial charge in [-0.05, 0) is 46.2 Å². The zero-order chi connectivity index (χ0) is 19.9. The van der Waals surface area contributed by atoms with Crippen LogP contribution in [0.15, 0.2) is 23.0 Å². The van der Waals surface area contributed by atoms with E-state index in [2.05, 4.69) is 4.98 Å². The van der Waals surface area contributed by atoms with E-state index in [4.69, 9.17) is 22.1 Å². The van der Waals surface area contributed by atoms with Crippen molar-refractivity contribution in [2.45, 2.75) is 51.8 Å². The van der Waals surface area contributed by atoms with Crippen molar-refractivity contribution >= 4 is 28.6 Å². The summed E-state index contributed by atoms with van der Waals surface area (Å²) in [7, 11) is 0. The summed E-state index contributed by atoms with van der Waals surface area (Å²) in [6.07, 6.45) is 0.239. The summed E-state index contributed by atoms with van der Waals surface area (Å²) in [5.41, 5.74) is 5.83. The van der Waals surface area contributed by atoms with E-state index in [0.717, 1.165) is 0 Å². The number of fused-ring (bicyclic) bond motifs is 1. The maximum Gasteiger partial charge on any atom is 0.410 e. The molecular weight excluding hydrogens is 368 g/mol. The molecule has 1 fully saturated rings. The highest BCUT2D eigenvalue weighted by Gasteiger charge is 2.33. The highest BCUT2D eigenvalue weighted by molar-refractivity contribution is 6.35. The van der Waals surface area contributed by atoms with Crippen molar-refractivity contribution < 1.29 is 9.53 Å². The van der Waals surface area contributed by atoms with Crippen molar-refractivity contribution in [1.82, 2.24) is 14.5 Å². The molecule has 0 saturated carbocycles. The zero-order valence-corrected chi connectivity index (χ0v) is 16.8. The molecule has 0 aliphatic carbocycles. The lowest BCUT2D eigenvalue weighted by molar-refractivity contribution is 0.0288. The van der Waals surface area contributed by atoms with Crippen molar-refractivity contribution in [3.63, 3.8) is 0 Å². The van der Waals surface area contributed by atoms with E-state index in [1.54, 1.807) is 34.6 Å². The molecule has 2 atom stereocenters. The number of aromatic nitrogens is 2. The Morgan fingerprint density at radius 3 is 2.74 bits per heavy atom. The van der Waals surface area contributed by atoms with Gasteiger partial charge in [0, 0.05) is 13.1 Å². The van der Waals surface area contributed by atoms with Crippen LogP contribution in [0.2, 0.25) is 5.02 Å². The first-order valence-corrected chi connectivity index (χ1v) is 9.40. The minimum atomic E-state index is -0.568. The highest BCUT2D eigenvalue weighted by atomic mass is 35.5. The molecule has 0 bridgehead atoms. The van der Waals surface area contributed by atoms with Crippen molar-refractivity contribution in [1.29, 1.82) is 0 Å². The van der Waals surface area contributed by atoms with Crippen LogP contribution in [0.25, 0.3) is 10.9 Å². The van der Waals surface area contributed by atoms with Gasteiger partial charge in [0.25, 0.3) is 5.56 Å². The second kappa shape index (κ2) is 7.13. The van der Waals surface area contributed by atoms with Gasteiger partial charge in [0.15, 0.2) is 0 Å². The quantitative estimate of drug-likeness (QED) is 0.847. The van der Waals surface area contributed by atoms with Gasteiger partial charge in [0.1, 0.15) is 11.4 Å². The van der Waals surface area contributed by atoms with E-state index in [0.29, 0.717) is 41.3 Å². The molecular formula is C19H25ClN4O3. The Labute approximate surface area is 163 Å². The summed E-state index contributed by atoms with van der Waals surface area (Å²) in [5.74, 6) is 0.491. The number of benzene rings is 1. The number of amides is 1. The molecule has 1 aromatic heterocycles. The second-order valence-electron chi connectivity index (χ2n) is 7.94. The number of carbonyl (C=O) groups is 1. The first-order chi connectivity index (χ1) is 12.6. The minimum Gasteiger partial charge on any atom is -0.444 e. The third-order valence-electron chi connectivity index (χ3n) is 4.49. The van der Waals surface area contributed by atoms with Gasteiger partial charge >= 0.3 is 6.09 Å². The minimum absolute atomic E-state index is 0.223. The van der Waals surface area contributed by atoms with E-state index in [1.165, 1.54) is 0 Å². The number of hydrogen-bond donors (Lipinski definition) is 1. The summed E-state index contributed by atoms with van der Waals surface area (Å²) < 4.78 is 7.04. The van der Waals surface area contributed by atoms with Crippen LogP contribution in [0, 0.1) is 0 Å². The fraction of sp³-hybridized carbons (Fsp3) is 0.526. The molecule has 0 radical (unpaired) electrons. The third-order valence-corrected chi connectivity index (χ3v) is 4.81. The largest absolute Gasteiger partial charge is 0.444 e. The van der Waals surface area contributed by atoms with Crippen molar-refractivity contribution in [3.8, 4) is 0 Å². The van der Waals surface area contributed by atoms with Gasteiger partial charge in [0.05, 0.1) is 28.0 Å². The molecule has 1 aromatic carbocycles. The molecule has 1 amide bonds. The monoisotopic (exact) mass is 392 g/mol. The van der Waals surface area contributed by atoms with Crippen LogP contribution in [0.4, 0.5) is 4.79 Å². The predicted octanol–water partition coefficient (Wildman–Crippen LogP) is 3.25. The molecule has 146 valence electrons. The van der Waals surface area contributed by atoms with E-state index in [-0.39, 0.29) is 17.7 Å². The number of nitrogens with two attached hydrogens (primary N) is 1. The maximum atomic E-state index is 13.2. The maximum absolute atomic E-state index is 13.2. The molecule has 7 nitrogen and oxygen atoms in total. The average Bonchev–Trinajstić information content (AvgIpc) is 3.02. The van der Waals surface area contributed by atoms with Gasteiger partial charge in [-0.1, -0.05) is 17.7 Å². The number of nitrogens with zero attached hydrogens (tertiary/aromatic N) is 3. The van der Waals surface area contributed by atoms with Crippen LogP contribution >= 0.6 is 11.6 Å². The molecule has 3 rings (SSSR count). The fourth-order valence-corrected chi connectivity index (χ4v) is 3.59. The van der Waals surface area contributed by atoms with Crippen LogP contribution < -0.4 is 11.3 Å². The molecule has 1 aliphatic rings. The van der Waals surface area contributed by atoms with E-state index < -0.39 is 11.6 Å². The Morgan fingerprint density at radius 2 is 2.11 bits per heavy atom. The Bertz CT molecular complexity index is 933. The lowest BCUT2D eigenvalue weighted by Gasteiger charge is -2.25. The Kier molecular flexibility index (Phi) is 5.18. The first-order valence-electron chi connectivity index (χ1n) is 9.02. The number of carbonyl (C=O) groups excluding carboxylic acids is 1. The molecule has 1 saturated heterocycles. The topological polar surface area (TPSA) is 90.5 Å². The Balaban J connectivity index is 2.01. The van der Waals surface area contributed by atoms with Gasteiger partial charge in [-0.25, -0.2) is 9.78 Å². The normalized spacial score (nSPS) is 18.7. The van der Waals surface area contributed by atoms with E-state index in [1.807, 2.05) is 20.8 Å². The summed E-state index contributed by atoms with van der Waals surface area (Å²) in [6.45, 7) is 8.14. The molecule has 2 heterocycles. The van der Waals surface area contributed by atoms with Gasteiger partial charge in [-0.15, -0.1) is 0 Å². The molecule has 0 spiro atoms. The number of halogens is 1. The summed E-state index contributed by atoms with van der Waals surface area (Å²) in [4.78, 5) is 31.8. The van der Waals surface area contributed by atoms with E-state index >= 15 is 0 Å². The summed E-state index contributed by atoms with van der Waals surface area (Å²) in [6, 6.07) is 4.52. The Hall–Kier alpha value is -2.12. The van der Waals surface area contributed by atoms with Crippen LogP contribution in [0.3, 0.4) is 0 Å². The van der Waals surface area contributed by atoms with E-state index in [9.17, 15) is 9.59 Å². The molecule has 1 unspecified atom stereocenters. The zero-order valence-electron chi connectivity index (χ0n) is 16.0. The van der Waals surface area contributed by atoms with Gasteiger partial charge in [-0.3, -0.25) is 9.36 Å². The third kappa shape index (κ3) is 3.94. The number of ether oxygens (including phenoxy) is 1. The SMILES string of the molecule is C[C@H](N)c1nc2cccc(Cl)c2c(=O)n1C1CCN(C(=O)OC(C)(C)C)C1. The lowest BCUT2D eigenvalue weighted by atomic mass is 10.1. The summed E-state index contributed by atoms with van der Waals surface area (Å²) >= 11 is 6.26.